The number of esters is 1. The summed E-state index contributed by atoms with van der Waals surface area (Å²) in [5.41, 5.74) is 6.78. The molecule has 0 radical (unpaired) electrons. The molecule has 17 heavy (non-hydrogen) atoms. The molecule has 0 heterocycles. The van der Waals surface area contributed by atoms with Crippen LogP contribution in [0.3, 0.4) is 0 Å². The number of rotatable bonds is 2. The Morgan fingerprint density at radius 2 is 2.00 bits per heavy atom. The van der Waals surface area contributed by atoms with E-state index in [2.05, 4.69) is 6.92 Å². The maximum atomic E-state index is 11.9. The molecule has 0 atom stereocenters. The number of nitrogens with two attached hydrogens (primary N) is 1. The van der Waals surface area contributed by atoms with Crippen molar-refractivity contribution >= 4 is 11.7 Å². The Hall–Kier alpha value is -1.51. The summed E-state index contributed by atoms with van der Waals surface area (Å²) >= 11 is 0. The van der Waals surface area contributed by atoms with E-state index in [0.29, 0.717) is 11.3 Å². The zero-order chi connectivity index (χ0) is 12.3. The highest BCUT2D eigenvalue weighted by Crippen LogP contribution is 2.26. The Labute approximate surface area is 102 Å². The Balaban J connectivity index is 1.93. The van der Waals surface area contributed by atoms with Gasteiger partial charge < -0.3 is 10.5 Å². The molecule has 2 N–H and O–H groups in total. The van der Waals surface area contributed by atoms with Crippen LogP contribution in [0.1, 0.15) is 43.0 Å². The molecule has 0 unspecified atom stereocenters. The van der Waals surface area contributed by atoms with Crippen LogP contribution in [-0.4, -0.2) is 12.1 Å². The second-order valence-corrected chi connectivity index (χ2v) is 4.91. The number of carbonyl (C=O) groups is 1. The van der Waals surface area contributed by atoms with Crippen molar-refractivity contribution in [3.8, 4) is 0 Å². The van der Waals surface area contributed by atoms with Crippen LogP contribution in [0.25, 0.3) is 0 Å². The lowest BCUT2D eigenvalue weighted by molar-refractivity contribution is 0.0174. The van der Waals surface area contributed by atoms with E-state index in [1.165, 1.54) is 0 Å². The van der Waals surface area contributed by atoms with Crippen LogP contribution in [0, 0.1) is 5.92 Å². The Bertz CT molecular complexity index is 395. The molecule has 1 fully saturated rings. The Morgan fingerprint density at radius 3 is 2.65 bits per heavy atom. The highest BCUT2D eigenvalue weighted by atomic mass is 16.5. The topological polar surface area (TPSA) is 52.3 Å². The normalized spacial score (nSPS) is 24.3. The maximum absolute atomic E-state index is 11.9. The predicted molar refractivity (Wildman–Crippen MR) is 67.7 cm³/mol. The summed E-state index contributed by atoms with van der Waals surface area (Å²) in [5, 5.41) is 0. The van der Waals surface area contributed by atoms with Crippen LogP contribution in [0.2, 0.25) is 0 Å². The van der Waals surface area contributed by atoms with Crippen molar-refractivity contribution < 1.29 is 9.53 Å². The number of hydrogen-bond donors (Lipinski definition) is 1. The fourth-order valence-corrected chi connectivity index (χ4v) is 2.23. The third kappa shape index (κ3) is 3.22. The number of hydrogen-bond acceptors (Lipinski definition) is 3. The van der Waals surface area contributed by atoms with Gasteiger partial charge in [-0.15, -0.1) is 0 Å². The zero-order valence-corrected chi connectivity index (χ0v) is 10.2. The molecule has 0 saturated heterocycles. The summed E-state index contributed by atoms with van der Waals surface area (Å²) < 4.78 is 5.49. The molecule has 3 nitrogen and oxygen atoms in total. The van der Waals surface area contributed by atoms with Gasteiger partial charge in [-0.3, -0.25) is 0 Å². The molecule has 3 heteroatoms. The maximum Gasteiger partial charge on any atom is 0.338 e. The van der Waals surface area contributed by atoms with E-state index in [1.54, 1.807) is 24.3 Å². The quantitative estimate of drug-likeness (QED) is 0.631. The molecule has 0 bridgehead atoms. The molecule has 0 aromatic heterocycles. The smallest absolute Gasteiger partial charge is 0.338 e. The minimum absolute atomic E-state index is 0.0835. The number of anilines is 1. The highest BCUT2D eigenvalue weighted by Gasteiger charge is 2.22. The molecular weight excluding hydrogens is 214 g/mol. The predicted octanol–water partition coefficient (Wildman–Crippen LogP) is 3.00. The lowest BCUT2D eigenvalue weighted by Gasteiger charge is -2.25. The second kappa shape index (κ2) is 5.21. The summed E-state index contributed by atoms with van der Waals surface area (Å²) in [6.07, 6.45) is 4.34. The van der Waals surface area contributed by atoms with Crippen molar-refractivity contribution in [2.45, 2.75) is 38.7 Å². The molecule has 2 rings (SSSR count). The molecule has 1 aliphatic rings. The fraction of sp³-hybridized carbons (Fsp3) is 0.500. The van der Waals surface area contributed by atoms with Crippen LogP contribution < -0.4 is 5.73 Å². The van der Waals surface area contributed by atoms with Gasteiger partial charge in [-0.1, -0.05) is 13.0 Å². The van der Waals surface area contributed by atoms with Crippen LogP contribution >= 0.6 is 0 Å². The molecule has 1 saturated carbocycles. The van der Waals surface area contributed by atoms with E-state index in [9.17, 15) is 4.79 Å². The van der Waals surface area contributed by atoms with E-state index in [4.69, 9.17) is 10.5 Å². The average molecular weight is 233 g/mol. The standard InChI is InChI=1S/C14H19NO2/c1-10-5-7-13(8-6-10)17-14(16)11-3-2-4-12(15)9-11/h2-4,9-10,13H,5-8,15H2,1H3. The van der Waals surface area contributed by atoms with Gasteiger partial charge >= 0.3 is 5.97 Å². The van der Waals surface area contributed by atoms with Crippen molar-refractivity contribution in [3.05, 3.63) is 29.8 Å². The van der Waals surface area contributed by atoms with Gasteiger partial charge in [-0.25, -0.2) is 4.79 Å². The van der Waals surface area contributed by atoms with E-state index in [-0.39, 0.29) is 12.1 Å². The van der Waals surface area contributed by atoms with Gasteiger partial charge in [-0.05, 0) is 49.8 Å². The molecular formula is C14H19NO2. The molecule has 0 spiro atoms. The van der Waals surface area contributed by atoms with Crippen molar-refractivity contribution in [1.29, 1.82) is 0 Å². The minimum atomic E-state index is -0.253. The van der Waals surface area contributed by atoms with Crippen molar-refractivity contribution in [1.82, 2.24) is 0 Å². The number of benzene rings is 1. The SMILES string of the molecule is CC1CCC(OC(=O)c2cccc(N)c2)CC1. The first-order chi connectivity index (χ1) is 8.15. The fourth-order valence-electron chi connectivity index (χ4n) is 2.23. The third-order valence-corrected chi connectivity index (χ3v) is 3.36. The molecule has 1 aromatic carbocycles. The van der Waals surface area contributed by atoms with Gasteiger partial charge in [0.05, 0.1) is 5.56 Å². The van der Waals surface area contributed by atoms with Crippen LogP contribution in [-0.2, 0) is 4.74 Å². The van der Waals surface area contributed by atoms with Crippen molar-refractivity contribution in [2.75, 3.05) is 5.73 Å². The molecule has 0 aliphatic heterocycles. The van der Waals surface area contributed by atoms with Gasteiger partial charge in [0.1, 0.15) is 6.10 Å². The van der Waals surface area contributed by atoms with Crippen molar-refractivity contribution in [2.24, 2.45) is 5.92 Å². The van der Waals surface area contributed by atoms with Gasteiger partial charge in [0.2, 0.25) is 0 Å². The van der Waals surface area contributed by atoms with Gasteiger partial charge in [-0.2, -0.15) is 0 Å². The first-order valence-electron chi connectivity index (χ1n) is 6.21. The Morgan fingerprint density at radius 1 is 1.29 bits per heavy atom. The van der Waals surface area contributed by atoms with Crippen LogP contribution in [0.5, 0.6) is 0 Å². The van der Waals surface area contributed by atoms with E-state index >= 15 is 0 Å². The largest absolute Gasteiger partial charge is 0.459 e. The first kappa shape index (κ1) is 12.0. The number of carbonyl (C=O) groups excluding carboxylic acids is 1. The molecule has 1 aromatic rings. The lowest BCUT2D eigenvalue weighted by atomic mass is 9.89. The van der Waals surface area contributed by atoms with Gasteiger partial charge in [0.25, 0.3) is 0 Å². The van der Waals surface area contributed by atoms with Gasteiger partial charge in [0, 0.05) is 5.69 Å². The van der Waals surface area contributed by atoms with Crippen LogP contribution in [0.15, 0.2) is 24.3 Å². The summed E-state index contributed by atoms with van der Waals surface area (Å²) in [5.74, 6) is 0.508. The number of nitrogen functional groups attached to an aromatic ring is 1. The summed E-state index contributed by atoms with van der Waals surface area (Å²) in [6.45, 7) is 2.25. The highest BCUT2D eigenvalue weighted by molar-refractivity contribution is 5.90. The van der Waals surface area contributed by atoms with Crippen molar-refractivity contribution in [3.63, 3.8) is 0 Å². The monoisotopic (exact) mass is 233 g/mol. The summed E-state index contributed by atoms with van der Waals surface area (Å²) in [4.78, 5) is 11.9. The van der Waals surface area contributed by atoms with Gasteiger partial charge in [0.15, 0.2) is 0 Å². The molecule has 92 valence electrons. The first-order valence-corrected chi connectivity index (χ1v) is 6.21. The van der Waals surface area contributed by atoms with E-state index in [1.807, 2.05) is 0 Å². The Kier molecular flexibility index (Phi) is 3.67. The third-order valence-electron chi connectivity index (χ3n) is 3.36. The second-order valence-electron chi connectivity index (χ2n) is 4.91. The van der Waals surface area contributed by atoms with E-state index < -0.39 is 0 Å². The molecule has 1 aliphatic carbocycles. The van der Waals surface area contributed by atoms with E-state index in [0.717, 1.165) is 31.6 Å². The minimum Gasteiger partial charge on any atom is -0.459 e. The molecule has 0 amide bonds. The van der Waals surface area contributed by atoms with Crippen LogP contribution in [0.4, 0.5) is 5.69 Å². The summed E-state index contributed by atoms with van der Waals surface area (Å²) in [6, 6.07) is 6.94. The lowest BCUT2D eigenvalue weighted by Crippen LogP contribution is -2.23. The zero-order valence-electron chi connectivity index (χ0n) is 10.2. The average Bonchev–Trinajstić information content (AvgIpc) is 2.32. The summed E-state index contributed by atoms with van der Waals surface area (Å²) in [7, 11) is 0. The number of ether oxygens (including phenoxy) is 1.